The van der Waals surface area contributed by atoms with Crippen LogP contribution in [0, 0.1) is 0 Å². The first-order valence-electron chi connectivity index (χ1n) is 4.65. The van der Waals surface area contributed by atoms with Gasteiger partial charge >= 0.3 is 11.9 Å². The van der Waals surface area contributed by atoms with E-state index in [1.54, 1.807) is 0 Å². The molecule has 6 nitrogen and oxygen atoms in total. The largest absolute Gasteiger partial charge is 0.505 e. The van der Waals surface area contributed by atoms with Crippen molar-refractivity contribution >= 4 is 44.0 Å². The van der Waals surface area contributed by atoms with Gasteiger partial charge in [0.25, 0.3) is 0 Å². The molecule has 2 N–H and O–H groups in total. The Bertz CT molecular complexity index is 582. The summed E-state index contributed by atoms with van der Waals surface area (Å²) in [5, 5.41) is 19.7. The van der Waals surface area contributed by atoms with Gasteiger partial charge in [-0.3, -0.25) is 0 Å². The highest BCUT2D eigenvalue weighted by molar-refractivity contribution is 7.30. The average molecular weight is 288 g/mol. The maximum Gasteiger partial charge on any atom is 0.351 e. The van der Waals surface area contributed by atoms with Crippen molar-refractivity contribution in [2.45, 2.75) is 0 Å². The zero-order valence-corrected chi connectivity index (χ0v) is 11.0. The molecule has 0 unspecified atom stereocenters. The number of carbonyl (C=O) groups is 2. The van der Waals surface area contributed by atoms with Crippen LogP contribution in [0.5, 0.6) is 11.5 Å². The lowest BCUT2D eigenvalue weighted by Crippen LogP contribution is -1.98. The topological polar surface area (TPSA) is 93.1 Å². The van der Waals surface area contributed by atoms with Crippen molar-refractivity contribution in [3.05, 3.63) is 9.75 Å². The summed E-state index contributed by atoms with van der Waals surface area (Å²) in [5.41, 5.74) is 0. The second kappa shape index (κ2) is 4.46. The number of hydrogen-bond acceptors (Lipinski definition) is 8. The fourth-order valence-corrected chi connectivity index (χ4v) is 3.67. The third kappa shape index (κ3) is 1.70. The second-order valence-corrected chi connectivity index (χ2v) is 5.24. The number of hydrogen-bond donors (Lipinski definition) is 2. The summed E-state index contributed by atoms with van der Waals surface area (Å²) in [4.78, 5) is 22.7. The molecule has 0 amide bonds. The molecule has 0 aromatic carbocycles. The molecule has 8 heteroatoms. The van der Waals surface area contributed by atoms with Gasteiger partial charge in [-0.15, -0.1) is 22.7 Å². The van der Waals surface area contributed by atoms with Crippen molar-refractivity contribution < 1.29 is 29.3 Å². The van der Waals surface area contributed by atoms with E-state index in [4.69, 9.17) is 0 Å². The molecule has 0 radical (unpaired) electrons. The van der Waals surface area contributed by atoms with E-state index in [0.717, 1.165) is 22.7 Å². The van der Waals surface area contributed by atoms with Gasteiger partial charge in [-0.25, -0.2) is 9.59 Å². The fourth-order valence-electron chi connectivity index (χ4n) is 1.37. The maximum absolute atomic E-state index is 11.3. The number of esters is 2. The third-order valence-electron chi connectivity index (χ3n) is 2.22. The maximum atomic E-state index is 11.3. The van der Waals surface area contributed by atoms with Gasteiger partial charge in [0.15, 0.2) is 21.3 Å². The first-order chi connectivity index (χ1) is 8.51. The molecule has 0 fully saturated rings. The van der Waals surface area contributed by atoms with Crippen LogP contribution in [0.25, 0.3) is 9.40 Å². The van der Waals surface area contributed by atoms with Crippen LogP contribution in [-0.4, -0.2) is 36.4 Å². The molecular formula is C10H8O6S2. The Morgan fingerprint density at radius 3 is 1.50 bits per heavy atom. The Hall–Kier alpha value is -1.80. The highest BCUT2D eigenvalue weighted by Gasteiger charge is 2.27. The number of carbonyl (C=O) groups excluding carboxylic acids is 2. The van der Waals surface area contributed by atoms with E-state index in [9.17, 15) is 19.8 Å². The smallest absolute Gasteiger partial charge is 0.351 e. The second-order valence-electron chi connectivity index (χ2n) is 3.20. The zero-order chi connectivity index (χ0) is 13.4. The Morgan fingerprint density at radius 2 is 1.22 bits per heavy atom. The van der Waals surface area contributed by atoms with E-state index in [1.165, 1.54) is 14.2 Å². The summed E-state index contributed by atoms with van der Waals surface area (Å²) in [6.45, 7) is 0. The number of fused-ring (bicyclic) bond motifs is 1. The lowest BCUT2D eigenvalue weighted by atomic mass is 10.3. The van der Waals surface area contributed by atoms with Gasteiger partial charge in [-0.1, -0.05) is 0 Å². The monoisotopic (exact) mass is 288 g/mol. The van der Waals surface area contributed by atoms with Crippen LogP contribution < -0.4 is 0 Å². The third-order valence-corrected chi connectivity index (χ3v) is 4.68. The van der Waals surface area contributed by atoms with Crippen LogP contribution in [-0.2, 0) is 9.47 Å². The summed E-state index contributed by atoms with van der Waals surface area (Å²) in [6.07, 6.45) is 0. The molecule has 0 aliphatic heterocycles. The number of aromatic hydroxyl groups is 2. The number of thiophene rings is 2. The molecule has 2 aromatic heterocycles. The standard InChI is InChI=1S/C10H8O6S2/c1-15-9(13)7-3(11)5-6(17-7)4(12)8(18-5)10(14)16-2/h11-12H,1-2H3. The first kappa shape index (κ1) is 12.7. The number of ether oxygens (including phenoxy) is 2. The Labute approximate surface area is 109 Å². The lowest BCUT2D eigenvalue weighted by molar-refractivity contribution is 0.0594. The van der Waals surface area contributed by atoms with Gasteiger partial charge in [0, 0.05) is 0 Å². The Kier molecular flexibility index (Phi) is 3.14. The number of rotatable bonds is 2. The van der Waals surface area contributed by atoms with Gasteiger partial charge in [0.2, 0.25) is 0 Å². The van der Waals surface area contributed by atoms with E-state index in [0.29, 0.717) is 0 Å². The first-order valence-corrected chi connectivity index (χ1v) is 6.28. The minimum atomic E-state index is -0.695. The SMILES string of the molecule is COC(=O)c1sc2c(O)c(C(=O)OC)sc2c1O. The predicted molar refractivity (Wildman–Crippen MR) is 65.7 cm³/mol. The highest BCUT2D eigenvalue weighted by Crippen LogP contribution is 2.48. The van der Waals surface area contributed by atoms with Crippen molar-refractivity contribution in [3.8, 4) is 11.5 Å². The molecule has 0 spiro atoms. The molecule has 0 saturated carbocycles. The van der Waals surface area contributed by atoms with Crippen LogP contribution in [0.1, 0.15) is 19.3 Å². The Morgan fingerprint density at radius 1 is 0.889 bits per heavy atom. The Balaban J connectivity index is 2.64. The molecule has 2 aromatic rings. The van der Waals surface area contributed by atoms with Crippen LogP contribution in [0.4, 0.5) is 0 Å². The zero-order valence-electron chi connectivity index (χ0n) is 9.34. The molecule has 0 saturated heterocycles. The minimum absolute atomic E-state index is 0.00883. The summed E-state index contributed by atoms with van der Waals surface area (Å²) in [6, 6.07) is 0. The molecule has 0 bridgehead atoms. The van der Waals surface area contributed by atoms with E-state index >= 15 is 0 Å². The van der Waals surface area contributed by atoms with Gasteiger partial charge in [-0.05, 0) is 0 Å². The highest BCUT2D eigenvalue weighted by atomic mass is 32.1. The lowest BCUT2D eigenvalue weighted by Gasteiger charge is -1.96. The van der Waals surface area contributed by atoms with Crippen molar-refractivity contribution in [1.29, 1.82) is 0 Å². The van der Waals surface area contributed by atoms with Crippen LogP contribution in [0.2, 0.25) is 0 Å². The number of methoxy groups -OCH3 is 2. The molecular weight excluding hydrogens is 280 g/mol. The van der Waals surface area contributed by atoms with Gasteiger partial charge in [0.05, 0.1) is 23.6 Å². The molecule has 0 aliphatic rings. The van der Waals surface area contributed by atoms with Crippen molar-refractivity contribution in [1.82, 2.24) is 0 Å². The van der Waals surface area contributed by atoms with Gasteiger partial charge in [-0.2, -0.15) is 0 Å². The van der Waals surface area contributed by atoms with Crippen molar-refractivity contribution in [2.75, 3.05) is 14.2 Å². The van der Waals surface area contributed by atoms with Gasteiger partial charge < -0.3 is 19.7 Å². The van der Waals surface area contributed by atoms with E-state index < -0.39 is 11.9 Å². The normalized spacial score (nSPS) is 10.6. The summed E-state index contributed by atoms with van der Waals surface area (Å²) < 4.78 is 9.52. The van der Waals surface area contributed by atoms with Crippen LogP contribution in [0.15, 0.2) is 0 Å². The van der Waals surface area contributed by atoms with Crippen molar-refractivity contribution in [3.63, 3.8) is 0 Å². The molecule has 18 heavy (non-hydrogen) atoms. The summed E-state index contributed by atoms with van der Waals surface area (Å²) in [5.74, 6) is -1.98. The summed E-state index contributed by atoms with van der Waals surface area (Å²) >= 11 is 1.72. The molecule has 0 aliphatic carbocycles. The van der Waals surface area contributed by atoms with Gasteiger partial charge in [0.1, 0.15) is 0 Å². The molecule has 2 heterocycles. The van der Waals surface area contributed by atoms with Crippen LogP contribution >= 0.6 is 22.7 Å². The summed E-state index contributed by atoms with van der Waals surface area (Å²) in [7, 11) is 2.38. The molecule has 0 atom stereocenters. The fraction of sp³-hybridized carbons (Fsp3) is 0.200. The van der Waals surface area contributed by atoms with Crippen LogP contribution in [0.3, 0.4) is 0 Å². The predicted octanol–water partition coefficient (Wildman–Crippen LogP) is 1.95. The quantitative estimate of drug-likeness (QED) is 0.820. The van der Waals surface area contributed by atoms with Crippen molar-refractivity contribution in [2.24, 2.45) is 0 Å². The average Bonchev–Trinajstić information content (AvgIpc) is 2.87. The molecule has 2 rings (SSSR count). The van der Waals surface area contributed by atoms with E-state index in [-0.39, 0.29) is 30.7 Å². The minimum Gasteiger partial charge on any atom is -0.505 e. The van der Waals surface area contributed by atoms with E-state index in [1.807, 2.05) is 0 Å². The van der Waals surface area contributed by atoms with E-state index in [2.05, 4.69) is 9.47 Å². The molecule has 96 valence electrons.